The van der Waals surface area contributed by atoms with Crippen molar-refractivity contribution in [1.82, 2.24) is 0 Å². The normalized spacial score (nSPS) is 27.2. The molecule has 0 aliphatic heterocycles. The van der Waals surface area contributed by atoms with Crippen molar-refractivity contribution in [2.75, 3.05) is 0 Å². The van der Waals surface area contributed by atoms with Crippen molar-refractivity contribution in [2.45, 2.75) is 24.9 Å². The van der Waals surface area contributed by atoms with Gasteiger partial charge in [-0.3, -0.25) is 14.4 Å². The van der Waals surface area contributed by atoms with Crippen molar-refractivity contribution in [3.63, 3.8) is 0 Å². The second kappa shape index (κ2) is 6.78. The van der Waals surface area contributed by atoms with E-state index in [1.54, 1.807) is 6.07 Å². The van der Waals surface area contributed by atoms with Gasteiger partial charge in [0.2, 0.25) is 5.78 Å². The van der Waals surface area contributed by atoms with Gasteiger partial charge in [0, 0.05) is 17.9 Å². The van der Waals surface area contributed by atoms with Gasteiger partial charge in [-0.2, -0.15) is 11.3 Å². The fraction of sp³-hybridized carbons (Fsp3) is 0.261. The van der Waals surface area contributed by atoms with Gasteiger partial charge >= 0.3 is 0 Å². The number of carbonyl (C=O) groups excluding carboxylic acids is 3. The van der Waals surface area contributed by atoms with E-state index in [1.165, 1.54) is 17.4 Å². The van der Waals surface area contributed by atoms with Gasteiger partial charge in [-0.05, 0) is 58.3 Å². The number of hydrogen-bond acceptors (Lipinski definition) is 8. The number of aliphatic hydroxyl groups is 3. The molecule has 8 nitrogen and oxygen atoms in total. The average Bonchev–Trinajstić information content (AvgIpc) is 3.25. The topological polar surface area (TPSA) is 158 Å². The number of ketones is 2. The fourth-order valence-electron chi connectivity index (χ4n) is 5.31. The number of phenols is 1. The number of nitrogens with two attached hydrogens (primary N) is 1. The van der Waals surface area contributed by atoms with Crippen LogP contribution in [0.5, 0.6) is 5.75 Å². The van der Waals surface area contributed by atoms with Gasteiger partial charge in [0.25, 0.3) is 5.91 Å². The number of aliphatic hydroxyl groups excluding tert-OH is 2. The first-order chi connectivity index (χ1) is 15.2. The molecule has 1 amide bonds. The number of amides is 1. The zero-order valence-electron chi connectivity index (χ0n) is 16.7. The van der Waals surface area contributed by atoms with Crippen molar-refractivity contribution in [3.05, 3.63) is 57.0 Å². The summed E-state index contributed by atoms with van der Waals surface area (Å²) in [6.07, 6.45) is 0.0645. The molecule has 32 heavy (non-hydrogen) atoms. The minimum Gasteiger partial charge on any atom is -0.508 e. The third-order valence-corrected chi connectivity index (χ3v) is 7.46. The van der Waals surface area contributed by atoms with E-state index in [1.807, 2.05) is 16.8 Å². The highest BCUT2D eigenvalue weighted by atomic mass is 32.1. The summed E-state index contributed by atoms with van der Waals surface area (Å²) in [4.78, 5) is 37.5. The molecule has 3 unspecified atom stereocenters. The molecule has 0 spiro atoms. The maximum Gasteiger partial charge on any atom is 0.255 e. The molecule has 0 radical (unpaired) electrons. The summed E-state index contributed by atoms with van der Waals surface area (Å²) in [7, 11) is 0. The van der Waals surface area contributed by atoms with Crippen LogP contribution in [0, 0.1) is 11.8 Å². The lowest BCUT2D eigenvalue weighted by Crippen LogP contribution is -2.58. The molecule has 0 bridgehead atoms. The fourth-order valence-corrected chi connectivity index (χ4v) is 5.97. The van der Waals surface area contributed by atoms with E-state index < -0.39 is 52.0 Å². The molecule has 1 heterocycles. The van der Waals surface area contributed by atoms with Gasteiger partial charge in [0.1, 0.15) is 22.8 Å². The highest BCUT2D eigenvalue weighted by Crippen LogP contribution is 2.53. The van der Waals surface area contributed by atoms with Gasteiger partial charge in [-0.15, -0.1) is 0 Å². The van der Waals surface area contributed by atoms with Gasteiger partial charge < -0.3 is 26.2 Å². The standard InChI is InChI=1S/C23H19NO7S/c24-22(30)18-15(26)7-11-5-10-6-13-12(9-3-4-32-8-9)1-2-14(25)17(13)19(27)16(10)20(28)23(11,31)21(18)29/h1-4,8,10-11,25,27,29,31H,5-7H2,(H2,24,30). The highest BCUT2D eigenvalue weighted by molar-refractivity contribution is 7.08. The zero-order chi connectivity index (χ0) is 22.9. The van der Waals surface area contributed by atoms with Crippen molar-refractivity contribution < 1.29 is 34.8 Å². The largest absolute Gasteiger partial charge is 0.508 e. The van der Waals surface area contributed by atoms with E-state index in [-0.39, 0.29) is 36.1 Å². The van der Waals surface area contributed by atoms with Crippen LogP contribution >= 0.6 is 11.3 Å². The summed E-state index contributed by atoms with van der Waals surface area (Å²) in [6, 6.07) is 5.08. The quantitative estimate of drug-likeness (QED) is 0.436. The molecule has 1 fully saturated rings. The number of thiophene rings is 1. The number of benzene rings is 1. The van der Waals surface area contributed by atoms with E-state index in [0.29, 0.717) is 5.56 Å². The maximum atomic E-state index is 13.4. The minimum absolute atomic E-state index is 0.0980. The molecular weight excluding hydrogens is 434 g/mol. The molecule has 5 rings (SSSR count). The molecular formula is C23H19NO7S. The van der Waals surface area contributed by atoms with Crippen molar-refractivity contribution >= 4 is 34.6 Å². The number of Topliss-reactive ketones (excluding diaryl/α,β-unsaturated/α-hetero) is 2. The Bertz CT molecular complexity index is 1270. The minimum atomic E-state index is -2.55. The summed E-state index contributed by atoms with van der Waals surface area (Å²) in [6.45, 7) is 0. The van der Waals surface area contributed by atoms with E-state index in [0.717, 1.165) is 11.1 Å². The third-order valence-electron chi connectivity index (χ3n) is 6.78. The van der Waals surface area contributed by atoms with E-state index in [4.69, 9.17) is 5.73 Å². The Labute approximate surface area is 185 Å². The van der Waals surface area contributed by atoms with Crippen molar-refractivity contribution in [2.24, 2.45) is 17.6 Å². The molecule has 1 saturated carbocycles. The first kappa shape index (κ1) is 20.5. The average molecular weight is 453 g/mol. The smallest absolute Gasteiger partial charge is 0.255 e. The van der Waals surface area contributed by atoms with Crippen LogP contribution in [0.4, 0.5) is 0 Å². The summed E-state index contributed by atoms with van der Waals surface area (Å²) in [5.41, 5.74) is 4.17. The van der Waals surface area contributed by atoms with Gasteiger partial charge in [-0.1, -0.05) is 6.07 Å². The summed E-state index contributed by atoms with van der Waals surface area (Å²) < 4.78 is 0. The SMILES string of the molecule is NC(=O)C1=C(O)C2(O)C(=O)C3=C(O)c4c(O)ccc(-c5ccsc5)c4CC3CC2CC1=O. The molecule has 1 aromatic heterocycles. The van der Waals surface area contributed by atoms with Crippen LogP contribution in [0.1, 0.15) is 24.0 Å². The van der Waals surface area contributed by atoms with Crippen LogP contribution in [-0.2, 0) is 20.8 Å². The monoisotopic (exact) mass is 453 g/mol. The van der Waals surface area contributed by atoms with Crippen LogP contribution in [0.25, 0.3) is 16.9 Å². The Morgan fingerprint density at radius 3 is 2.53 bits per heavy atom. The first-order valence-corrected chi connectivity index (χ1v) is 10.9. The Morgan fingerprint density at radius 2 is 1.88 bits per heavy atom. The number of phenolic OH excluding ortho intramolecular Hbond substituents is 1. The molecule has 9 heteroatoms. The lowest BCUT2D eigenvalue weighted by Gasteiger charge is -2.46. The number of primary amides is 1. The van der Waals surface area contributed by atoms with E-state index >= 15 is 0 Å². The predicted molar refractivity (Wildman–Crippen MR) is 115 cm³/mol. The number of rotatable bonds is 2. The number of fused-ring (bicyclic) bond motifs is 3. The van der Waals surface area contributed by atoms with Crippen LogP contribution in [0.2, 0.25) is 0 Å². The lowest BCUT2D eigenvalue weighted by atomic mass is 9.59. The molecule has 6 N–H and O–H groups in total. The van der Waals surface area contributed by atoms with Crippen LogP contribution < -0.4 is 5.73 Å². The molecule has 2 aromatic rings. The Balaban J connectivity index is 1.72. The summed E-state index contributed by atoms with van der Waals surface area (Å²) in [5, 5.41) is 47.2. The molecule has 3 aliphatic rings. The van der Waals surface area contributed by atoms with Crippen molar-refractivity contribution in [3.8, 4) is 16.9 Å². The molecule has 164 valence electrons. The molecule has 0 saturated heterocycles. The van der Waals surface area contributed by atoms with Crippen molar-refractivity contribution in [1.29, 1.82) is 0 Å². The predicted octanol–water partition coefficient (Wildman–Crippen LogP) is 2.15. The third kappa shape index (κ3) is 2.55. The van der Waals surface area contributed by atoms with Crippen LogP contribution in [0.15, 0.2) is 45.9 Å². The lowest BCUT2D eigenvalue weighted by molar-refractivity contribution is -0.147. The highest BCUT2D eigenvalue weighted by Gasteiger charge is 2.60. The van der Waals surface area contributed by atoms with Gasteiger partial charge in [-0.25, -0.2) is 0 Å². The second-order valence-corrected chi connectivity index (χ2v) is 9.18. The molecule has 3 aliphatic carbocycles. The number of carbonyl (C=O) groups is 3. The Morgan fingerprint density at radius 1 is 1.12 bits per heavy atom. The van der Waals surface area contributed by atoms with E-state index in [9.17, 15) is 34.8 Å². The molecule has 3 atom stereocenters. The van der Waals surface area contributed by atoms with Gasteiger partial charge in [0.05, 0.1) is 5.56 Å². The zero-order valence-corrected chi connectivity index (χ0v) is 17.5. The maximum absolute atomic E-state index is 13.4. The Kier molecular flexibility index (Phi) is 4.34. The number of hydrogen-bond donors (Lipinski definition) is 5. The number of aromatic hydroxyl groups is 1. The van der Waals surface area contributed by atoms with Crippen LogP contribution in [-0.4, -0.2) is 43.5 Å². The molecule has 1 aromatic carbocycles. The summed E-state index contributed by atoms with van der Waals surface area (Å²) >= 11 is 1.50. The Hall–Kier alpha value is -3.43. The van der Waals surface area contributed by atoms with Gasteiger partial charge in [0.15, 0.2) is 11.4 Å². The summed E-state index contributed by atoms with van der Waals surface area (Å²) in [5.74, 6) is -6.26. The first-order valence-electron chi connectivity index (χ1n) is 10.0. The second-order valence-electron chi connectivity index (χ2n) is 8.40. The van der Waals surface area contributed by atoms with Crippen LogP contribution in [0.3, 0.4) is 0 Å². The van der Waals surface area contributed by atoms with E-state index in [2.05, 4.69) is 0 Å².